The number of aryl methyl sites for hydroxylation is 3. The first-order chi connectivity index (χ1) is 12.5. The van der Waals surface area contributed by atoms with E-state index in [4.69, 9.17) is 4.42 Å². The monoisotopic (exact) mass is 346 g/mol. The smallest absolute Gasteiger partial charge is 0.244 e. The fourth-order valence-electron chi connectivity index (χ4n) is 2.68. The van der Waals surface area contributed by atoms with E-state index in [1.54, 1.807) is 6.20 Å². The van der Waals surface area contributed by atoms with Crippen LogP contribution in [0.2, 0.25) is 0 Å². The molecular weight excluding hydrogens is 324 g/mol. The molecule has 0 aliphatic carbocycles. The average molecular weight is 346 g/mol. The van der Waals surface area contributed by atoms with Gasteiger partial charge in [0.2, 0.25) is 11.8 Å². The summed E-state index contributed by atoms with van der Waals surface area (Å²) in [6.07, 6.45) is 5.05. The summed E-state index contributed by atoms with van der Waals surface area (Å²) in [7, 11) is 0. The lowest BCUT2D eigenvalue weighted by Gasteiger charge is -2.06. The van der Waals surface area contributed by atoms with Crippen LogP contribution in [0.4, 0.5) is 0 Å². The van der Waals surface area contributed by atoms with Crippen LogP contribution >= 0.6 is 0 Å². The van der Waals surface area contributed by atoms with Crippen molar-refractivity contribution < 1.29 is 9.21 Å². The number of benzene rings is 2. The van der Waals surface area contributed by atoms with Gasteiger partial charge in [-0.25, -0.2) is 4.98 Å². The summed E-state index contributed by atoms with van der Waals surface area (Å²) >= 11 is 0. The number of hydrogen-bond acceptors (Lipinski definition) is 3. The highest BCUT2D eigenvalue weighted by molar-refractivity contribution is 5.91. The number of nitrogens with one attached hydrogen (secondary N) is 1. The highest BCUT2D eigenvalue weighted by atomic mass is 16.4. The van der Waals surface area contributed by atoms with Crippen LogP contribution in [0.15, 0.2) is 59.2 Å². The zero-order valence-corrected chi connectivity index (χ0v) is 15.2. The first kappa shape index (κ1) is 17.7. The van der Waals surface area contributed by atoms with Crippen molar-refractivity contribution >= 4 is 12.0 Å². The minimum Gasteiger partial charge on any atom is -0.439 e. The molecule has 26 heavy (non-hydrogen) atoms. The fourth-order valence-corrected chi connectivity index (χ4v) is 2.68. The standard InChI is InChI=1S/C22H22N2O2/c1-15-11-17(3)19(12-16(15)2)9-10-21(25)23-14-22-24-13-20(26-22)18-7-5-4-6-8-18/h4-13H,14H2,1-3H3,(H,23,25)/b10-9+. The maximum Gasteiger partial charge on any atom is 0.244 e. The Kier molecular flexibility index (Phi) is 5.32. The van der Waals surface area contributed by atoms with Gasteiger partial charge in [-0.05, 0) is 49.1 Å². The van der Waals surface area contributed by atoms with Gasteiger partial charge in [-0.1, -0.05) is 42.5 Å². The van der Waals surface area contributed by atoms with Crippen molar-refractivity contribution in [3.63, 3.8) is 0 Å². The summed E-state index contributed by atoms with van der Waals surface area (Å²) in [5.74, 6) is 0.992. The third-order valence-electron chi connectivity index (χ3n) is 4.32. The van der Waals surface area contributed by atoms with Crippen LogP contribution in [-0.4, -0.2) is 10.9 Å². The molecule has 1 aromatic heterocycles. The van der Waals surface area contributed by atoms with Crippen LogP contribution < -0.4 is 5.32 Å². The van der Waals surface area contributed by atoms with Crippen LogP contribution in [0.5, 0.6) is 0 Å². The van der Waals surface area contributed by atoms with E-state index in [2.05, 4.69) is 36.3 Å². The van der Waals surface area contributed by atoms with Gasteiger partial charge in [0.25, 0.3) is 0 Å². The lowest BCUT2D eigenvalue weighted by atomic mass is 10.0. The van der Waals surface area contributed by atoms with Gasteiger partial charge in [-0.3, -0.25) is 4.79 Å². The number of oxazole rings is 1. The normalized spacial score (nSPS) is 11.0. The third-order valence-corrected chi connectivity index (χ3v) is 4.32. The fraction of sp³-hybridized carbons (Fsp3) is 0.182. The Morgan fingerprint density at radius 1 is 1.08 bits per heavy atom. The number of carbonyl (C=O) groups is 1. The Morgan fingerprint density at radius 2 is 1.81 bits per heavy atom. The predicted octanol–water partition coefficient (Wildman–Crippen LogP) is 4.60. The largest absolute Gasteiger partial charge is 0.439 e. The van der Waals surface area contributed by atoms with E-state index < -0.39 is 0 Å². The molecule has 0 aliphatic heterocycles. The van der Waals surface area contributed by atoms with Crippen LogP contribution in [0.1, 0.15) is 28.1 Å². The molecule has 0 saturated heterocycles. The molecule has 1 amide bonds. The molecule has 3 rings (SSSR count). The van der Waals surface area contributed by atoms with Crippen molar-refractivity contribution in [3.8, 4) is 11.3 Å². The Morgan fingerprint density at radius 3 is 2.58 bits per heavy atom. The lowest BCUT2D eigenvalue weighted by molar-refractivity contribution is -0.116. The maximum absolute atomic E-state index is 12.1. The molecule has 1 heterocycles. The van der Waals surface area contributed by atoms with E-state index in [0.717, 1.165) is 16.7 Å². The van der Waals surface area contributed by atoms with E-state index in [1.165, 1.54) is 17.2 Å². The molecule has 0 unspecified atom stereocenters. The van der Waals surface area contributed by atoms with E-state index in [9.17, 15) is 4.79 Å². The zero-order valence-electron chi connectivity index (χ0n) is 15.2. The van der Waals surface area contributed by atoms with E-state index in [-0.39, 0.29) is 12.5 Å². The average Bonchev–Trinajstić information content (AvgIpc) is 3.12. The van der Waals surface area contributed by atoms with Crippen LogP contribution in [0.25, 0.3) is 17.4 Å². The Balaban J connectivity index is 1.59. The highest BCUT2D eigenvalue weighted by Crippen LogP contribution is 2.19. The molecule has 4 nitrogen and oxygen atoms in total. The molecule has 132 valence electrons. The van der Waals surface area contributed by atoms with Crippen LogP contribution in [0.3, 0.4) is 0 Å². The quantitative estimate of drug-likeness (QED) is 0.687. The summed E-state index contributed by atoms with van der Waals surface area (Å²) < 4.78 is 5.68. The lowest BCUT2D eigenvalue weighted by Crippen LogP contribution is -2.20. The van der Waals surface area contributed by atoms with Gasteiger partial charge in [0.1, 0.15) is 0 Å². The molecule has 4 heteroatoms. The van der Waals surface area contributed by atoms with Crippen molar-refractivity contribution in [2.45, 2.75) is 27.3 Å². The van der Waals surface area contributed by atoms with Gasteiger partial charge < -0.3 is 9.73 Å². The number of aromatic nitrogens is 1. The summed E-state index contributed by atoms with van der Waals surface area (Å²) in [4.78, 5) is 16.3. The molecule has 0 atom stereocenters. The number of hydrogen-bond donors (Lipinski definition) is 1. The Hall–Kier alpha value is -3.14. The molecule has 0 bridgehead atoms. The first-order valence-electron chi connectivity index (χ1n) is 8.57. The van der Waals surface area contributed by atoms with Crippen LogP contribution in [0, 0.1) is 20.8 Å². The van der Waals surface area contributed by atoms with Gasteiger partial charge in [-0.2, -0.15) is 0 Å². The number of nitrogens with zero attached hydrogens (tertiary/aromatic N) is 1. The molecule has 2 aromatic carbocycles. The molecule has 3 aromatic rings. The Labute approximate surface area is 153 Å². The SMILES string of the molecule is Cc1cc(C)c(/C=C/C(=O)NCc2ncc(-c3ccccc3)o2)cc1C. The second kappa shape index (κ2) is 7.83. The molecule has 0 saturated carbocycles. The molecule has 0 radical (unpaired) electrons. The first-order valence-corrected chi connectivity index (χ1v) is 8.57. The van der Waals surface area contributed by atoms with Crippen molar-refractivity contribution in [3.05, 3.63) is 82.9 Å². The molecular formula is C22H22N2O2. The second-order valence-corrected chi connectivity index (χ2v) is 6.33. The summed E-state index contributed by atoms with van der Waals surface area (Å²) in [5, 5.41) is 2.80. The van der Waals surface area contributed by atoms with Crippen molar-refractivity contribution in [2.75, 3.05) is 0 Å². The third kappa shape index (κ3) is 4.28. The molecule has 0 fully saturated rings. The van der Waals surface area contributed by atoms with E-state index in [1.807, 2.05) is 43.3 Å². The number of rotatable bonds is 5. The highest BCUT2D eigenvalue weighted by Gasteiger charge is 2.07. The topological polar surface area (TPSA) is 55.1 Å². The zero-order chi connectivity index (χ0) is 18.5. The minimum atomic E-state index is -0.179. The number of amides is 1. The van der Waals surface area contributed by atoms with Crippen molar-refractivity contribution in [1.29, 1.82) is 0 Å². The van der Waals surface area contributed by atoms with Gasteiger partial charge >= 0.3 is 0 Å². The Bertz CT molecular complexity index is 940. The van der Waals surface area contributed by atoms with E-state index in [0.29, 0.717) is 11.7 Å². The summed E-state index contributed by atoms with van der Waals surface area (Å²) in [5.41, 5.74) is 5.62. The predicted molar refractivity (Wildman–Crippen MR) is 103 cm³/mol. The van der Waals surface area contributed by atoms with Crippen molar-refractivity contribution in [2.24, 2.45) is 0 Å². The van der Waals surface area contributed by atoms with Gasteiger partial charge in [0, 0.05) is 11.6 Å². The van der Waals surface area contributed by atoms with Crippen LogP contribution in [-0.2, 0) is 11.3 Å². The minimum absolute atomic E-state index is 0.179. The van der Waals surface area contributed by atoms with Gasteiger partial charge in [0.05, 0.1) is 12.7 Å². The molecule has 1 N–H and O–H groups in total. The summed E-state index contributed by atoms with van der Waals surface area (Å²) in [6.45, 7) is 6.45. The van der Waals surface area contributed by atoms with Crippen molar-refractivity contribution in [1.82, 2.24) is 10.3 Å². The summed E-state index contributed by atoms with van der Waals surface area (Å²) in [6, 6.07) is 14.0. The van der Waals surface area contributed by atoms with Gasteiger partial charge in [-0.15, -0.1) is 0 Å². The number of carbonyl (C=O) groups excluding carboxylic acids is 1. The second-order valence-electron chi connectivity index (χ2n) is 6.33. The molecule has 0 spiro atoms. The molecule has 0 aliphatic rings. The maximum atomic E-state index is 12.1. The van der Waals surface area contributed by atoms with E-state index >= 15 is 0 Å². The van der Waals surface area contributed by atoms with Gasteiger partial charge in [0.15, 0.2) is 5.76 Å².